The molecule has 3 rings (SSSR count). The molecule has 6 nitrogen and oxygen atoms in total. The summed E-state index contributed by atoms with van der Waals surface area (Å²) in [6.45, 7) is 0. The first-order valence-corrected chi connectivity index (χ1v) is 10.6. The standard InChI is InChI=1S/C20H16Cl2N2O4S/c1-28-19-5-3-2-4-16(19)20(25)23-14-7-9-15(10-8-14)29(26,27)24-18-11-6-13(21)12-17(18)22/h2-12,24H,1H3,(H,23,25). The predicted octanol–water partition coefficient (Wildman–Crippen LogP) is 5.06. The van der Waals surface area contributed by atoms with Crippen LogP contribution in [0.4, 0.5) is 11.4 Å². The predicted molar refractivity (Wildman–Crippen MR) is 115 cm³/mol. The molecule has 0 atom stereocenters. The van der Waals surface area contributed by atoms with Gasteiger partial charge < -0.3 is 10.1 Å². The van der Waals surface area contributed by atoms with Gasteiger partial charge in [0, 0.05) is 10.7 Å². The summed E-state index contributed by atoms with van der Waals surface area (Å²) in [5.74, 6) is 0.0670. The molecule has 1 amide bonds. The van der Waals surface area contributed by atoms with E-state index in [-0.39, 0.29) is 21.5 Å². The average Bonchev–Trinajstić information content (AvgIpc) is 2.70. The minimum absolute atomic E-state index is 0.0128. The van der Waals surface area contributed by atoms with Gasteiger partial charge in [-0.15, -0.1) is 0 Å². The zero-order chi connectivity index (χ0) is 21.0. The normalized spacial score (nSPS) is 11.0. The van der Waals surface area contributed by atoms with E-state index in [9.17, 15) is 13.2 Å². The van der Waals surface area contributed by atoms with Crippen LogP contribution in [-0.2, 0) is 10.0 Å². The molecule has 0 saturated heterocycles. The second-order valence-electron chi connectivity index (χ2n) is 5.91. The Morgan fingerprint density at radius 3 is 2.31 bits per heavy atom. The fourth-order valence-electron chi connectivity index (χ4n) is 2.52. The molecule has 0 unspecified atom stereocenters. The molecule has 0 spiro atoms. The van der Waals surface area contributed by atoms with E-state index in [0.717, 1.165) is 0 Å². The fourth-order valence-corrected chi connectivity index (χ4v) is 4.12. The van der Waals surface area contributed by atoms with Crippen LogP contribution in [0.15, 0.2) is 71.6 Å². The molecule has 9 heteroatoms. The number of rotatable bonds is 6. The number of sulfonamides is 1. The Hall–Kier alpha value is -2.74. The molecule has 0 radical (unpaired) electrons. The number of carbonyl (C=O) groups excluding carboxylic acids is 1. The topological polar surface area (TPSA) is 84.5 Å². The molecule has 3 aromatic rings. The summed E-state index contributed by atoms with van der Waals surface area (Å²) in [6.07, 6.45) is 0. The molecule has 0 aliphatic carbocycles. The highest BCUT2D eigenvalue weighted by atomic mass is 35.5. The maximum Gasteiger partial charge on any atom is 0.261 e. The minimum atomic E-state index is -3.87. The van der Waals surface area contributed by atoms with Crippen LogP contribution in [0.3, 0.4) is 0 Å². The van der Waals surface area contributed by atoms with Gasteiger partial charge >= 0.3 is 0 Å². The van der Waals surface area contributed by atoms with Crippen molar-refractivity contribution in [1.29, 1.82) is 0 Å². The zero-order valence-electron chi connectivity index (χ0n) is 15.1. The summed E-state index contributed by atoms with van der Waals surface area (Å²) >= 11 is 11.8. The van der Waals surface area contributed by atoms with E-state index >= 15 is 0 Å². The quantitative estimate of drug-likeness (QED) is 0.549. The first-order chi connectivity index (χ1) is 13.8. The lowest BCUT2D eigenvalue weighted by atomic mass is 10.2. The lowest BCUT2D eigenvalue weighted by Crippen LogP contribution is -2.15. The van der Waals surface area contributed by atoms with Gasteiger partial charge in [0.2, 0.25) is 0 Å². The number of benzene rings is 3. The highest BCUT2D eigenvalue weighted by Crippen LogP contribution is 2.28. The third-order valence-corrected chi connectivity index (χ3v) is 5.88. The number of para-hydroxylation sites is 1. The smallest absolute Gasteiger partial charge is 0.261 e. The Kier molecular flexibility index (Phi) is 6.32. The number of hydrogen-bond acceptors (Lipinski definition) is 4. The lowest BCUT2D eigenvalue weighted by molar-refractivity contribution is 0.102. The molecule has 3 aromatic carbocycles. The van der Waals surface area contributed by atoms with Crippen molar-refractivity contribution in [2.24, 2.45) is 0 Å². The van der Waals surface area contributed by atoms with E-state index in [4.69, 9.17) is 27.9 Å². The summed E-state index contributed by atoms with van der Waals surface area (Å²) in [4.78, 5) is 12.4. The van der Waals surface area contributed by atoms with Gasteiger partial charge in [0.15, 0.2) is 0 Å². The second kappa shape index (κ2) is 8.73. The zero-order valence-corrected chi connectivity index (χ0v) is 17.5. The number of halogens is 2. The molecule has 2 N–H and O–H groups in total. The Morgan fingerprint density at radius 2 is 1.66 bits per heavy atom. The number of hydrogen-bond donors (Lipinski definition) is 2. The summed E-state index contributed by atoms with van der Waals surface area (Å²) in [5.41, 5.74) is 1.01. The van der Waals surface area contributed by atoms with Crippen molar-refractivity contribution >= 4 is 50.5 Å². The van der Waals surface area contributed by atoms with Crippen LogP contribution in [0.5, 0.6) is 5.75 Å². The van der Waals surface area contributed by atoms with Gasteiger partial charge in [-0.1, -0.05) is 35.3 Å². The van der Waals surface area contributed by atoms with Gasteiger partial charge in [-0.3, -0.25) is 9.52 Å². The van der Waals surface area contributed by atoms with Crippen LogP contribution in [0.25, 0.3) is 0 Å². The van der Waals surface area contributed by atoms with Crippen LogP contribution in [0.2, 0.25) is 10.0 Å². The van der Waals surface area contributed by atoms with E-state index in [2.05, 4.69) is 10.0 Å². The number of carbonyl (C=O) groups is 1. The van der Waals surface area contributed by atoms with Crippen LogP contribution in [0.1, 0.15) is 10.4 Å². The summed E-state index contributed by atoms with van der Waals surface area (Å²) in [7, 11) is -2.39. The fraction of sp³-hybridized carbons (Fsp3) is 0.0500. The third-order valence-electron chi connectivity index (χ3n) is 3.95. The Bertz CT molecular complexity index is 1150. The van der Waals surface area contributed by atoms with Crippen LogP contribution >= 0.6 is 23.2 Å². The lowest BCUT2D eigenvalue weighted by Gasteiger charge is -2.11. The monoisotopic (exact) mass is 450 g/mol. The number of anilines is 2. The Morgan fingerprint density at radius 1 is 0.966 bits per heavy atom. The van der Waals surface area contributed by atoms with E-state index in [1.807, 2.05) is 0 Å². The molecule has 0 bridgehead atoms. The minimum Gasteiger partial charge on any atom is -0.496 e. The van der Waals surface area contributed by atoms with Crippen molar-refractivity contribution in [2.45, 2.75) is 4.90 Å². The molecule has 0 aromatic heterocycles. The largest absolute Gasteiger partial charge is 0.496 e. The molecular weight excluding hydrogens is 435 g/mol. The van der Waals surface area contributed by atoms with Gasteiger partial charge in [0.05, 0.1) is 28.3 Å². The SMILES string of the molecule is COc1ccccc1C(=O)Nc1ccc(S(=O)(=O)Nc2ccc(Cl)cc2Cl)cc1. The van der Waals surface area contributed by atoms with Crippen molar-refractivity contribution in [3.05, 3.63) is 82.3 Å². The van der Waals surface area contributed by atoms with E-state index < -0.39 is 10.0 Å². The molecule has 0 fully saturated rings. The maximum absolute atomic E-state index is 12.6. The van der Waals surface area contributed by atoms with E-state index in [1.165, 1.54) is 49.6 Å². The third kappa shape index (κ3) is 5.00. The molecule has 0 aliphatic rings. The first-order valence-electron chi connectivity index (χ1n) is 8.32. The van der Waals surface area contributed by atoms with Crippen molar-refractivity contribution < 1.29 is 17.9 Å². The molecule has 29 heavy (non-hydrogen) atoms. The van der Waals surface area contributed by atoms with Crippen molar-refractivity contribution in [3.8, 4) is 5.75 Å². The van der Waals surface area contributed by atoms with Gasteiger partial charge in [-0.25, -0.2) is 8.42 Å². The van der Waals surface area contributed by atoms with Gasteiger partial charge in [0.1, 0.15) is 5.75 Å². The van der Waals surface area contributed by atoms with E-state index in [0.29, 0.717) is 22.0 Å². The van der Waals surface area contributed by atoms with Crippen LogP contribution in [-0.4, -0.2) is 21.4 Å². The molecule has 0 heterocycles. The van der Waals surface area contributed by atoms with Gasteiger partial charge in [-0.05, 0) is 54.6 Å². The molecule has 0 aliphatic heterocycles. The second-order valence-corrected chi connectivity index (χ2v) is 8.43. The summed E-state index contributed by atoms with van der Waals surface area (Å²) in [5, 5.41) is 3.29. The highest BCUT2D eigenvalue weighted by molar-refractivity contribution is 7.92. The number of amides is 1. The van der Waals surface area contributed by atoms with Crippen molar-refractivity contribution in [2.75, 3.05) is 17.1 Å². The Balaban J connectivity index is 1.76. The van der Waals surface area contributed by atoms with Gasteiger partial charge in [-0.2, -0.15) is 0 Å². The summed E-state index contributed by atoms with van der Waals surface area (Å²) in [6, 6.07) is 17.0. The average molecular weight is 451 g/mol. The van der Waals surface area contributed by atoms with Crippen LogP contribution in [0, 0.1) is 0 Å². The number of methoxy groups -OCH3 is 1. The van der Waals surface area contributed by atoms with Gasteiger partial charge in [0.25, 0.3) is 15.9 Å². The molecule has 150 valence electrons. The highest BCUT2D eigenvalue weighted by Gasteiger charge is 2.17. The molecular formula is C20H16Cl2N2O4S. The number of ether oxygens (including phenoxy) is 1. The maximum atomic E-state index is 12.6. The molecule has 0 saturated carbocycles. The summed E-state index contributed by atoms with van der Waals surface area (Å²) < 4.78 is 32.7. The van der Waals surface area contributed by atoms with Crippen molar-refractivity contribution in [1.82, 2.24) is 0 Å². The van der Waals surface area contributed by atoms with E-state index in [1.54, 1.807) is 24.3 Å². The first kappa shape index (κ1) is 21.0. The Labute approximate surface area is 178 Å². The van der Waals surface area contributed by atoms with Crippen molar-refractivity contribution in [3.63, 3.8) is 0 Å². The van der Waals surface area contributed by atoms with Crippen LogP contribution < -0.4 is 14.8 Å². The number of nitrogens with one attached hydrogen (secondary N) is 2.